The third-order valence-electron chi connectivity index (χ3n) is 2.98. The maximum Gasteiger partial charge on any atom is 0.255 e. The van der Waals surface area contributed by atoms with E-state index in [0.29, 0.717) is 36.9 Å². The normalized spacial score (nSPS) is 18.8. The van der Waals surface area contributed by atoms with Crippen molar-refractivity contribution in [1.29, 1.82) is 0 Å². The fraction of sp³-hybridized carbons (Fsp3) is 0.385. The molecule has 2 aromatic rings. The molecule has 0 amide bonds. The van der Waals surface area contributed by atoms with E-state index in [2.05, 4.69) is 10.1 Å². The largest absolute Gasteiger partial charge is 0.485 e. The first kappa shape index (κ1) is 12.9. The fourth-order valence-electron chi connectivity index (χ4n) is 1.94. The standard InChI is InChI=1S/C13H15N3O4/c14-6-5-8(17)13-15-12(16-20-13)11-7-18-9-3-1-2-4-10(9)19-11/h1-4,8,11,17H,5-7,14H2. The molecule has 3 rings (SSSR count). The summed E-state index contributed by atoms with van der Waals surface area (Å²) < 4.78 is 16.4. The molecule has 1 aromatic heterocycles. The van der Waals surface area contributed by atoms with E-state index < -0.39 is 12.2 Å². The highest BCUT2D eigenvalue weighted by Gasteiger charge is 2.27. The Labute approximate surface area is 115 Å². The number of para-hydroxylation sites is 2. The zero-order valence-corrected chi connectivity index (χ0v) is 10.7. The molecular formula is C13H15N3O4. The molecule has 7 nitrogen and oxygen atoms in total. The van der Waals surface area contributed by atoms with Gasteiger partial charge in [0.15, 0.2) is 17.6 Å². The Balaban J connectivity index is 1.75. The van der Waals surface area contributed by atoms with Gasteiger partial charge in [-0.2, -0.15) is 4.98 Å². The van der Waals surface area contributed by atoms with Crippen LogP contribution in [-0.2, 0) is 0 Å². The van der Waals surface area contributed by atoms with Gasteiger partial charge in [-0.15, -0.1) is 0 Å². The molecule has 0 spiro atoms. The molecule has 0 bridgehead atoms. The summed E-state index contributed by atoms with van der Waals surface area (Å²) >= 11 is 0. The quantitative estimate of drug-likeness (QED) is 0.857. The predicted octanol–water partition coefficient (Wildman–Crippen LogP) is 0.964. The van der Waals surface area contributed by atoms with Gasteiger partial charge in [0.2, 0.25) is 5.82 Å². The molecule has 20 heavy (non-hydrogen) atoms. The lowest BCUT2D eigenvalue weighted by Gasteiger charge is -2.24. The average molecular weight is 277 g/mol. The monoisotopic (exact) mass is 277 g/mol. The molecule has 0 aliphatic carbocycles. The number of nitrogens with zero attached hydrogens (tertiary/aromatic N) is 2. The highest BCUT2D eigenvalue weighted by Crippen LogP contribution is 2.35. The van der Waals surface area contributed by atoms with Crippen molar-refractivity contribution in [2.24, 2.45) is 5.73 Å². The Bertz CT molecular complexity index is 587. The Hall–Kier alpha value is -2.12. The third-order valence-corrected chi connectivity index (χ3v) is 2.98. The molecule has 0 fully saturated rings. The van der Waals surface area contributed by atoms with Gasteiger partial charge in [0, 0.05) is 0 Å². The Morgan fingerprint density at radius 3 is 2.95 bits per heavy atom. The van der Waals surface area contributed by atoms with Gasteiger partial charge in [0.25, 0.3) is 5.89 Å². The molecule has 1 aliphatic heterocycles. The van der Waals surface area contributed by atoms with Crippen LogP contribution in [0.25, 0.3) is 0 Å². The SMILES string of the molecule is NCCC(O)c1nc(C2COc3ccccc3O2)no1. The molecule has 2 atom stereocenters. The number of hydrogen-bond acceptors (Lipinski definition) is 7. The van der Waals surface area contributed by atoms with Crippen LogP contribution in [0.4, 0.5) is 0 Å². The van der Waals surface area contributed by atoms with Crippen LogP contribution in [0.3, 0.4) is 0 Å². The molecule has 7 heteroatoms. The smallest absolute Gasteiger partial charge is 0.255 e. The second-order valence-corrected chi connectivity index (χ2v) is 4.45. The minimum absolute atomic E-state index is 0.146. The van der Waals surface area contributed by atoms with Crippen molar-refractivity contribution in [2.45, 2.75) is 18.6 Å². The van der Waals surface area contributed by atoms with Crippen molar-refractivity contribution in [3.05, 3.63) is 36.0 Å². The number of aliphatic hydroxyl groups is 1. The topological polar surface area (TPSA) is 104 Å². The summed E-state index contributed by atoms with van der Waals surface area (Å²) in [5.74, 6) is 1.83. The maximum atomic E-state index is 9.74. The average Bonchev–Trinajstić information content (AvgIpc) is 2.97. The molecular weight excluding hydrogens is 262 g/mol. The van der Waals surface area contributed by atoms with Crippen molar-refractivity contribution < 1.29 is 19.1 Å². The first-order valence-electron chi connectivity index (χ1n) is 6.38. The number of benzene rings is 1. The number of aromatic nitrogens is 2. The molecule has 2 unspecified atom stereocenters. The van der Waals surface area contributed by atoms with E-state index in [1.807, 2.05) is 24.3 Å². The van der Waals surface area contributed by atoms with E-state index in [4.69, 9.17) is 19.7 Å². The number of fused-ring (bicyclic) bond motifs is 1. The van der Waals surface area contributed by atoms with Crippen molar-refractivity contribution in [2.75, 3.05) is 13.2 Å². The van der Waals surface area contributed by atoms with Crippen molar-refractivity contribution in [3.8, 4) is 11.5 Å². The van der Waals surface area contributed by atoms with E-state index in [1.165, 1.54) is 0 Å². The van der Waals surface area contributed by atoms with Crippen LogP contribution < -0.4 is 15.2 Å². The molecule has 1 aliphatic rings. The van der Waals surface area contributed by atoms with Gasteiger partial charge in [-0.1, -0.05) is 17.3 Å². The van der Waals surface area contributed by atoms with Crippen molar-refractivity contribution in [3.63, 3.8) is 0 Å². The molecule has 0 saturated heterocycles. The molecule has 2 heterocycles. The van der Waals surface area contributed by atoms with Crippen LogP contribution >= 0.6 is 0 Å². The lowest BCUT2D eigenvalue weighted by atomic mass is 10.2. The van der Waals surface area contributed by atoms with Crippen LogP contribution in [0.1, 0.15) is 30.3 Å². The summed E-state index contributed by atoms with van der Waals surface area (Å²) in [6.45, 7) is 0.637. The molecule has 0 radical (unpaired) electrons. The van der Waals surface area contributed by atoms with Gasteiger partial charge < -0.3 is 24.8 Å². The summed E-state index contributed by atoms with van der Waals surface area (Å²) in [6.07, 6.45) is -0.933. The first-order chi connectivity index (χ1) is 9.78. The summed E-state index contributed by atoms with van der Waals surface area (Å²) in [6, 6.07) is 7.37. The molecule has 106 valence electrons. The number of rotatable bonds is 4. The van der Waals surface area contributed by atoms with Gasteiger partial charge in [0.1, 0.15) is 12.7 Å². The minimum Gasteiger partial charge on any atom is -0.485 e. The van der Waals surface area contributed by atoms with E-state index >= 15 is 0 Å². The highest BCUT2D eigenvalue weighted by atomic mass is 16.6. The number of aliphatic hydroxyl groups excluding tert-OH is 1. The molecule has 0 saturated carbocycles. The van der Waals surface area contributed by atoms with E-state index in [1.54, 1.807) is 0 Å². The Morgan fingerprint density at radius 1 is 1.35 bits per heavy atom. The fourth-order valence-corrected chi connectivity index (χ4v) is 1.94. The minimum atomic E-state index is -0.849. The Morgan fingerprint density at radius 2 is 2.15 bits per heavy atom. The first-order valence-corrected chi connectivity index (χ1v) is 6.38. The van der Waals surface area contributed by atoms with Crippen molar-refractivity contribution >= 4 is 0 Å². The number of ether oxygens (including phenoxy) is 2. The van der Waals surface area contributed by atoms with Gasteiger partial charge in [-0.05, 0) is 25.1 Å². The summed E-state index contributed by atoms with van der Waals surface area (Å²) in [4.78, 5) is 4.14. The van der Waals surface area contributed by atoms with Gasteiger partial charge in [-0.3, -0.25) is 0 Å². The van der Waals surface area contributed by atoms with Gasteiger partial charge in [-0.25, -0.2) is 0 Å². The summed E-state index contributed by atoms with van der Waals surface area (Å²) in [5.41, 5.74) is 5.37. The highest BCUT2D eigenvalue weighted by molar-refractivity contribution is 5.40. The third kappa shape index (κ3) is 2.45. The van der Waals surface area contributed by atoms with E-state index in [-0.39, 0.29) is 5.89 Å². The zero-order chi connectivity index (χ0) is 13.9. The Kier molecular flexibility index (Phi) is 3.53. The lowest BCUT2D eigenvalue weighted by molar-refractivity contribution is 0.0831. The molecule has 3 N–H and O–H groups in total. The van der Waals surface area contributed by atoms with Crippen LogP contribution in [0.2, 0.25) is 0 Å². The number of hydrogen-bond donors (Lipinski definition) is 2. The lowest BCUT2D eigenvalue weighted by Crippen LogP contribution is -2.22. The second kappa shape index (κ2) is 5.48. The second-order valence-electron chi connectivity index (χ2n) is 4.45. The predicted molar refractivity (Wildman–Crippen MR) is 68.2 cm³/mol. The van der Waals surface area contributed by atoms with Crippen LogP contribution in [0, 0.1) is 0 Å². The zero-order valence-electron chi connectivity index (χ0n) is 10.7. The molecule has 1 aromatic carbocycles. The van der Waals surface area contributed by atoms with Crippen LogP contribution in [0.5, 0.6) is 11.5 Å². The van der Waals surface area contributed by atoms with E-state index in [0.717, 1.165) is 0 Å². The van der Waals surface area contributed by atoms with Gasteiger partial charge >= 0.3 is 0 Å². The summed E-state index contributed by atoms with van der Waals surface area (Å²) in [5, 5.41) is 13.6. The summed E-state index contributed by atoms with van der Waals surface area (Å²) in [7, 11) is 0. The maximum absolute atomic E-state index is 9.74. The van der Waals surface area contributed by atoms with Gasteiger partial charge in [0.05, 0.1) is 0 Å². The number of nitrogens with two attached hydrogens (primary N) is 1. The van der Waals surface area contributed by atoms with E-state index in [9.17, 15) is 5.11 Å². The van der Waals surface area contributed by atoms with Crippen molar-refractivity contribution in [1.82, 2.24) is 10.1 Å². The van der Waals surface area contributed by atoms with Crippen LogP contribution in [-0.4, -0.2) is 28.4 Å². The van der Waals surface area contributed by atoms with Crippen LogP contribution in [0.15, 0.2) is 28.8 Å².